The summed E-state index contributed by atoms with van der Waals surface area (Å²) in [5.41, 5.74) is 1.16. The van der Waals surface area contributed by atoms with Gasteiger partial charge >= 0.3 is 0 Å². The van der Waals surface area contributed by atoms with Crippen molar-refractivity contribution in [2.75, 3.05) is 13.1 Å². The highest BCUT2D eigenvalue weighted by atomic mass is 15.4. The van der Waals surface area contributed by atoms with E-state index in [2.05, 4.69) is 28.7 Å². The number of aryl methyl sites for hydroxylation is 1. The zero-order chi connectivity index (χ0) is 12.8. The van der Waals surface area contributed by atoms with Crippen LogP contribution in [0.25, 0.3) is 0 Å². The molecule has 0 aromatic carbocycles. The van der Waals surface area contributed by atoms with Gasteiger partial charge in [-0.15, -0.1) is 5.10 Å². The number of hydrogen-bond donors (Lipinski definition) is 1. The SMILES string of the molecule is CCNCC1CCCCCC1Cc1cn(C)nn1. The molecule has 1 fully saturated rings. The van der Waals surface area contributed by atoms with Gasteiger partial charge in [0, 0.05) is 13.2 Å². The quantitative estimate of drug-likeness (QED) is 0.814. The lowest BCUT2D eigenvalue weighted by molar-refractivity contribution is 0.297. The van der Waals surface area contributed by atoms with Crippen molar-refractivity contribution in [2.24, 2.45) is 18.9 Å². The van der Waals surface area contributed by atoms with Gasteiger partial charge in [0.25, 0.3) is 0 Å². The molecule has 0 spiro atoms. The molecule has 2 unspecified atom stereocenters. The maximum Gasteiger partial charge on any atom is 0.0829 e. The van der Waals surface area contributed by atoms with Gasteiger partial charge in [-0.25, -0.2) is 0 Å². The second kappa shape index (κ2) is 6.88. The Morgan fingerprint density at radius 1 is 1.28 bits per heavy atom. The van der Waals surface area contributed by atoms with Crippen molar-refractivity contribution in [3.63, 3.8) is 0 Å². The number of nitrogens with zero attached hydrogens (tertiary/aromatic N) is 3. The van der Waals surface area contributed by atoms with Gasteiger partial charge in [-0.2, -0.15) is 0 Å². The summed E-state index contributed by atoms with van der Waals surface area (Å²) >= 11 is 0. The van der Waals surface area contributed by atoms with E-state index in [9.17, 15) is 0 Å². The Bertz CT molecular complexity index is 347. The lowest BCUT2D eigenvalue weighted by atomic mass is 9.84. The summed E-state index contributed by atoms with van der Waals surface area (Å²) in [6.45, 7) is 4.43. The third-order valence-electron chi connectivity index (χ3n) is 4.09. The molecule has 1 heterocycles. The molecule has 2 atom stereocenters. The predicted molar refractivity (Wildman–Crippen MR) is 73.3 cm³/mol. The van der Waals surface area contributed by atoms with Gasteiger partial charge in [-0.05, 0) is 44.2 Å². The molecule has 1 aliphatic carbocycles. The van der Waals surface area contributed by atoms with Gasteiger partial charge in [0.15, 0.2) is 0 Å². The van der Waals surface area contributed by atoms with Crippen molar-refractivity contribution in [3.8, 4) is 0 Å². The fraction of sp³-hybridized carbons (Fsp3) is 0.857. The first kappa shape index (κ1) is 13.5. The lowest BCUT2D eigenvalue weighted by Crippen LogP contribution is -2.28. The van der Waals surface area contributed by atoms with Crippen LogP contribution in [0.5, 0.6) is 0 Å². The zero-order valence-corrected chi connectivity index (χ0v) is 11.7. The summed E-state index contributed by atoms with van der Waals surface area (Å²) in [6, 6.07) is 0. The summed E-state index contributed by atoms with van der Waals surface area (Å²) in [6.07, 6.45) is 10.1. The van der Waals surface area contributed by atoms with Crippen LogP contribution in [0.2, 0.25) is 0 Å². The maximum atomic E-state index is 4.25. The lowest BCUT2D eigenvalue weighted by Gasteiger charge is -2.24. The second-order valence-electron chi connectivity index (χ2n) is 5.55. The molecule has 102 valence electrons. The molecule has 1 aromatic rings. The van der Waals surface area contributed by atoms with Crippen LogP contribution in [0, 0.1) is 11.8 Å². The monoisotopic (exact) mass is 250 g/mol. The van der Waals surface area contributed by atoms with Crippen molar-refractivity contribution in [1.82, 2.24) is 20.3 Å². The van der Waals surface area contributed by atoms with Crippen LogP contribution >= 0.6 is 0 Å². The summed E-state index contributed by atoms with van der Waals surface area (Å²) in [4.78, 5) is 0. The Hall–Kier alpha value is -0.900. The number of aromatic nitrogens is 3. The molecule has 0 amide bonds. The minimum atomic E-state index is 0.781. The molecule has 1 aromatic heterocycles. The number of hydrogen-bond acceptors (Lipinski definition) is 3. The van der Waals surface area contributed by atoms with Crippen LogP contribution in [-0.2, 0) is 13.5 Å². The molecule has 4 nitrogen and oxygen atoms in total. The number of rotatable bonds is 5. The van der Waals surface area contributed by atoms with E-state index in [0.29, 0.717) is 0 Å². The summed E-state index contributed by atoms with van der Waals surface area (Å²) in [5.74, 6) is 1.60. The van der Waals surface area contributed by atoms with E-state index in [0.717, 1.165) is 30.5 Å². The Morgan fingerprint density at radius 2 is 2.06 bits per heavy atom. The number of nitrogens with one attached hydrogen (secondary N) is 1. The van der Waals surface area contributed by atoms with Crippen molar-refractivity contribution in [3.05, 3.63) is 11.9 Å². The largest absolute Gasteiger partial charge is 0.317 e. The minimum absolute atomic E-state index is 0.781. The van der Waals surface area contributed by atoms with Gasteiger partial charge in [0.2, 0.25) is 0 Å². The van der Waals surface area contributed by atoms with Crippen LogP contribution in [0.15, 0.2) is 6.20 Å². The molecule has 0 saturated heterocycles. The maximum absolute atomic E-state index is 4.25. The highest BCUT2D eigenvalue weighted by Crippen LogP contribution is 2.30. The van der Waals surface area contributed by atoms with Gasteiger partial charge in [-0.1, -0.05) is 31.4 Å². The molecular formula is C14H26N4. The van der Waals surface area contributed by atoms with E-state index in [1.54, 1.807) is 0 Å². The molecule has 0 radical (unpaired) electrons. The molecule has 0 bridgehead atoms. The molecule has 18 heavy (non-hydrogen) atoms. The van der Waals surface area contributed by atoms with Gasteiger partial charge in [0.1, 0.15) is 0 Å². The highest BCUT2D eigenvalue weighted by molar-refractivity contribution is 4.95. The summed E-state index contributed by atoms with van der Waals surface area (Å²) in [5, 5.41) is 11.8. The first-order chi connectivity index (χ1) is 8.79. The molecule has 2 rings (SSSR count). The van der Waals surface area contributed by atoms with Crippen LogP contribution in [0.3, 0.4) is 0 Å². The van der Waals surface area contributed by atoms with E-state index >= 15 is 0 Å². The van der Waals surface area contributed by atoms with E-state index in [4.69, 9.17) is 0 Å². The third-order valence-corrected chi connectivity index (χ3v) is 4.09. The molecular weight excluding hydrogens is 224 g/mol. The molecule has 4 heteroatoms. The van der Waals surface area contributed by atoms with Gasteiger partial charge in [-0.3, -0.25) is 4.68 Å². The smallest absolute Gasteiger partial charge is 0.0829 e. The summed E-state index contributed by atoms with van der Waals surface area (Å²) in [7, 11) is 1.94. The second-order valence-corrected chi connectivity index (χ2v) is 5.55. The van der Waals surface area contributed by atoms with Crippen LogP contribution < -0.4 is 5.32 Å². The van der Waals surface area contributed by atoms with Crippen LogP contribution in [0.1, 0.15) is 44.7 Å². The van der Waals surface area contributed by atoms with E-state index < -0.39 is 0 Å². The van der Waals surface area contributed by atoms with E-state index in [-0.39, 0.29) is 0 Å². The van der Waals surface area contributed by atoms with Gasteiger partial charge < -0.3 is 5.32 Å². The highest BCUT2D eigenvalue weighted by Gasteiger charge is 2.24. The average molecular weight is 250 g/mol. The average Bonchev–Trinajstić information content (AvgIpc) is 2.64. The topological polar surface area (TPSA) is 42.7 Å². The van der Waals surface area contributed by atoms with E-state index in [1.807, 2.05) is 11.7 Å². The summed E-state index contributed by atoms with van der Waals surface area (Å²) < 4.78 is 1.81. The minimum Gasteiger partial charge on any atom is -0.317 e. The standard InChI is InChI=1S/C14H26N4/c1-3-15-10-13-8-6-4-5-7-12(13)9-14-11-18(2)17-16-14/h11-13,15H,3-10H2,1-2H3. The molecule has 0 aliphatic heterocycles. The Kier molecular flexibility index (Phi) is 5.17. The Morgan fingerprint density at radius 3 is 2.72 bits per heavy atom. The molecule has 1 saturated carbocycles. The zero-order valence-electron chi connectivity index (χ0n) is 11.7. The van der Waals surface area contributed by atoms with Crippen molar-refractivity contribution in [2.45, 2.75) is 45.4 Å². The van der Waals surface area contributed by atoms with Gasteiger partial charge in [0.05, 0.1) is 5.69 Å². The first-order valence-corrected chi connectivity index (χ1v) is 7.35. The van der Waals surface area contributed by atoms with Crippen LogP contribution in [0.4, 0.5) is 0 Å². The first-order valence-electron chi connectivity index (χ1n) is 7.35. The van der Waals surface area contributed by atoms with Crippen molar-refractivity contribution < 1.29 is 0 Å². The Labute approximate surface area is 110 Å². The fourth-order valence-electron chi connectivity index (χ4n) is 3.09. The molecule has 1 aliphatic rings. The Balaban J connectivity index is 1.96. The van der Waals surface area contributed by atoms with Crippen molar-refractivity contribution >= 4 is 0 Å². The van der Waals surface area contributed by atoms with Crippen molar-refractivity contribution in [1.29, 1.82) is 0 Å². The fourth-order valence-corrected chi connectivity index (χ4v) is 3.09. The van der Waals surface area contributed by atoms with E-state index in [1.165, 1.54) is 38.6 Å². The normalized spacial score (nSPS) is 25.0. The predicted octanol–water partition coefficient (Wildman–Crippen LogP) is 2.16. The van der Waals surface area contributed by atoms with Crippen LogP contribution in [-0.4, -0.2) is 28.1 Å². The third kappa shape index (κ3) is 3.80. The molecule has 1 N–H and O–H groups in total.